The molecule has 0 spiro atoms. The molecular formula is C30H54O3Si2. The van der Waals surface area contributed by atoms with Crippen molar-refractivity contribution >= 4 is 16.6 Å². The van der Waals surface area contributed by atoms with Gasteiger partial charge in [-0.1, -0.05) is 53.4 Å². The van der Waals surface area contributed by atoms with Crippen LogP contribution < -0.4 is 0 Å². The third kappa shape index (κ3) is 8.21. The second-order valence-corrected chi connectivity index (χ2v) is 23.7. The summed E-state index contributed by atoms with van der Waals surface area (Å²) >= 11 is 0. The SMILES string of the molecule is C#CC(OC(C#C)[C@H]1CC[C@H](O[Si](C)(C)C(C)(C)C)CC1)[C@H]1CC[C@H](O[Si](C)(C)C(C)(C)C)CC1. The Morgan fingerprint density at radius 3 is 1.11 bits per heavy atom. The fraction of sp³-hybridized carbons (Fsp3) is 0.867. The number of hydrogen-bond acceptors (Lipinski definition) is 3. The Labute approximate surface area is 220 Å². The van der Waals surface area contributed by atoms with Gasteiger partial charge in [-0.25, -0.2) is 0 Å². The molecule has 0 amide bonds. The van der Waals surface area contributed by atoms with Crippen LogP contribution in [0.3, 0.4) is 0 Å². The van der Waals surface area contributed by atoms with Gasteiger partial charge in [0.05, 0.1) is 0 Å². The van der Waals surface area contributed by atoms with Crippen LogP contribution in [0.15, 0.2) is 0 Å². The van der Waals surface area contributed by atoms with Crippen molar-refractivity contribution in [3.63, 3.8) is 0 Å². The van der Waals surface area contributed by atoms with Crippen molar-refractivity contribution in [1.82, 2.24) is 0 Å². The third-order valence-electron chi connectivity index (χ3n) is 9.45. The lowest BCUT2D eigenvalue weighted by molar-refractivity contribution is -0.0395. The van der Waals surface area contributed by atoms with Gasteiger partial charge in [0, 0.05) is 12.2 Å². The summed E-state index contributed by atoms with van der Waals surface area (Å²) in [5.41, 5.74) is 0. The molecule has 0 N–H and O–H groups in total. The number of hydrogen-bond donors (Lipinski definition) is 0. The van der Waals surface area contributed by atoms with E-state index in [1.165, 1.54) is 0 Å². The Morgan fingerprint density at radius 1 is 0.600 bits per heavy atom. The van der Waals surface area contributed by atoms with Crippen LogP contribution in [0.5, 0.6) is 0 Å². The van der Waals surface area contributed by atoms with Gasteiger partial charge in [0.25, 0.3) is 0 Å². The molecule has 0 saturated heterocycles. The minimum Gasteiger partial charge on any atom is -0.414 e. The molecule has 2 rings (SSSR count). The largest absolute Gasteiger partial charge is 0.414 e. The summed E-state index contributed by atoms with van der Waals surface area (Å²) in [6.07, 6.45) is 20.7. The van der Waals surface area contributed by atoms with Crippen molar-refractivity contribution in [3.8, 4) is 24.7 Å². The minimum atomic E-state index is -1.74. The van der Waals surface area contributed by atoms with E-state index in [-0.39, 0.29) is 22.3 Å². The molecule has 0 bridgehead atoms. The summed E-state index contributed by atoms with van der Waals surface area (Å²) in [5.74, 6) is 6.64. The predicted octanol–water partition coefficient (Wildman–Crippen LogP) is 8.17. The van der Waals surface area contributed by atoms with Crippen LogP contribution in [0.2, 0.25) is 36.3 Å². The van der Waals surface area contributed by atoms with E-state index in [2.05, 4.69) is 79.6 Å². The molecule has 2 saturated carbocycles. The summed E-state index contributed by atoms with van der Waals surface area (Å²) in [6.45, 7) is 23.2. The van der Waals surface area contributed by atoms with Crippen molar-refractivity contribution < 1.29 is 13.6 Å². The molecule has 2 aliphatic rings. The molecule has 0 aromatic heterocycles. The maximum Gasteiger partial charge on any atom is 0.192 e. The zero-order valence-electron chi connectivity index (χ0n) is 24.5. The highest BCUT2D eigenvalue weighted by atomic mass is 28.4. The maximum absolute atomic E-state index is 6.67. The number of ether oxygens (including phenoxy) is 1. The van der Waals surface area contributed by atoms with Gasteiger partial charge in [-0.05, 0) is 99.5 Å². The molecule has 0 heterocycles. The van der Waals surface area contributed by atoms with E-state index in [0.717, 1.165) is 51.4 Å². The van der Waals surface area contributed by atoms with Crippen molar-refractivity contribution in [3.05, 3.63) is 0 Å². The first-order valence-electron chi connectivity index (χ1n) is 13.9. The number of terminal acetylenes is 2. The lowest BCUT2D eigenvalue weighted by Gasteiger charge is -2.42. The highest BCUT2D eigenvalue weighted by molar-refractivity contribution is 6.74. The fourth-order valence-corrected chi connectivity index (χ4v) is 7.78. The van der Waals surface area contributed by atoms with Crippen LogP contribution in [-0.2, 0) is 13.6 Å². The number of rotatable bonds is 8. The van der Waals surface area contributed by atoms with Crippen LogP contribution in [0.1, 0.15) is 92.9 Å². The first-order valence-corrected chi connectivity index (χ1v) is 19.8. The van der Waals surface area contributed by atoms with Crippen molar-refractivity contribution in [1.29, 1.82) is 0 Å². The highest BCUT2D eigenvalue weighted by Crippen LogP contribution is 2.42. The van der Waals surface area contributed by atoms with E-state index in [0.29, 0.717) is 24.0 Å². The molecule has 2 fully saturated rings. The molecule has 2 unspecified atom stereocenters. The molecule has 0 aromatic rings. The normalized spacial score (nSPS) is 28.6. The Balaban J connectivity index is 1.87. The monoisotopic (exact) mass is 518 g/mol. The quantitative estimate of drug-likeness (QED) is 0.239. The molecule has 2 atom stereocenters. The Kier molecular flexibility index (Phi) is 10.4. The van der Waals surface area contributed by atoms with Crippen molar-refractivity contribution in [2.24, 2.45) is 11.8 Å². The molecule has 0 aliphatic heterocycles. The van der Waals surface area contributed by atoms with E-state index in [1.54, 1.807) is 0 Å². The second-order valence-electron chi connectivity index (χ2n) is 14.1. The molecule has 2 aliphatic carbocycles. The van der Waals surface area contributed by atoms with Crippen molar-refractivity contribution in [2.45, 2.75) is 154 Å². The summed E-state index contributed by atoms with van der Waals surface area (Å²) in [4.78, 5) is 0. The molecule has 0 radical (unpaired) electrons. The van der Waals surface area contributed by atoms with Gasteiger partial charge in [0.1, 0.15) is 12.2 Å². The fourth-order valence-electron chi connectivity index (χ4n) is 4.94. The summed E-state index contributed by atoms with van der Waals surface area (Å²) in [5, 5.41) is 0.478. The first-order chi connectivity index (χ1) is 16.0. The average Bonchev–Trinajstić information content (AvgIpc) is 2.74. The molecule has 200 valence electrons. The standard InChI is InChI=1S/C30H54O3Si2/c1-13-27(23-15-19-25(20-16-23)32-34(9,10)29(3,4)5)31-28(14-2)24-17-21-26(22-18-24)33-35(11,12)30(6,7)8/h1-2,23-28H,15-22H2,3-12H3/t23-,24-,25-,26-,27?,28?. The van der Waals surface area contributed by atoms with E-state index >= 15 is 0 Å². The summed E-state index contributed by atoms with van der Waals surface area (Å²) in [7, 11) is -3.48. The third-order valence-corrected chi connectivity index (χ3v) is 18.5. The van der Waals surface area contributed by atoms with Crippen LogP contribution in [0, 0.1) is 36.5 Å². The van der Waals surface area contributed by atoms with E-state index in [1.807, 2.05) is 0 Å². The lowest BCUT2D eigenvalue weighted by atomic mass is 9.82. The Morgan fingerprint density at radius 2 is 0.886 bits per heavy atom. The van der Waals surface area contributed by atoms with Crippen LogP contribution in [-0.4, -0.2) is 41.1 Å². The second kappa shape index (κ2) is 11.9. The molecule has 3 nitrogen and oxygen atoms in total. The Bertz CT molecular complexity index is 682. The van der Waals surface area contributed by atoms with Gasteiger partial charge >= 0.3 is 0 Å². The molecule has 35 heavy (non-hydrogen) atoms. The lowest BCUT2D eigenvalue weighted by Crippen LogP contribution is -2.45. The van der Waals surface area contributed by atoms with Gasteiger partial charge in [-0.15, -0.1) is 12.8 Å². The van der Waals surface area contributed by atoms with Gasteiger partial charge in [0.2, 0.25) is 0 Å². The van der Waals surface area contributed by atoms with Crippen LogP contribution in [0.25, 0.3) is 0 Å². The first kappa shape index (κ1) is 30.7. The topological polar surface area (TPSA) is 27.7 Å². The predicted molar refractivity (Wildman–Crippen MR) is 154 cm³/mol. The minimum absolute atomic E-state index is 0.203. The summed E-state index contributed by atoms with van der Waals surface area (Å²) in [6, 6.07) is 0. The highest BCUT2D eigenvalue weighted by Gasteiger charge is 2.42. The van der Waals surface area contributed by atoms with E-state index in [9.17, 15) is 0 Å². The molecular weight excluding hydrogens is 464 g/mol. The van der Waals surface area contributed by atoms with Gasteiger partial charge < -0.3 is 13.6 Å². The zero-order valence-corrected chi connectivity index (χ0v) is 26.5. The van der Waals surface area contributed by atoms with Gasteiger partial charge in [0.15, 0.2) is 16.6 Å². The maximum atomic E-state index is 6.67. The average molecular weight is 519 g/mol. The smallest absolute Gasteiger partial charge is 0.192 e. The van der Waals surface area contributed by atoms with Gasteiger partial charge in [-0.2, -0.15) is 0 Å². The molecule has 0 aromatic carbocycles. The van der Waals surface area contributed by atoms with Gasteiger partial charge in [-0.3, -0.25) is 0 Å². The van der Waals surface area contributed by atoms with E-state index in [4.69, 9.17) is 26.4 Å². The van der Waals surface area contributed by atoms with Crippen LogP contribution >= 0.6 is 0 Å². The summed E-state index contributed by atoms with van der Waals surface area (Å²) < 4.78 is 19.8. The van der Waals surface area contributed by atoms with Crippen molar-refractivity contribution in [2.75, 3.05) is 0 Å². The Hall–Kier alpha value is -0.566. The molecule has 5 heteroatoms. The van der Waals surface area contributed by atoms with E-state index < -0.39 is 16.6 Å². The zero-order chi connectivity index (χ0) is 26.7. The van der Waals surface area contributed by atoms with Crippen LogP contribution in [0.4, 0.5) is 0 Å².